The standard InChI is InChI=1S/C12H17BrO2/c1-4-10-5-6-12(11(13)7-10)15-9(2)8-14-3/h5-7,9H,4,8H2,1-3H3/t9-/m0/s1. The van der Waals surface area contributed by atoms with Crippen molar-refractivity contribution in [2.45, 2.75) is 26.4 Å². The van der Waals surface area contributed by atoms with Gasteiger partial charge in [-0.2, -0.15) is 0 Å². The van der Waals surface area contributed by atoms with Gasteiger partial charge in [-0.1, -0.05) is 13.0 Å². The molecular weight excluding hydrogens is 256 g/mol. The third-order valence-electron chi connectivity index (χ3n) is 2.13. The molecule has 84 valence electrons. The van der Waals surface area contributed by atoms with Crippen LogP contribution in [-0.4, -0.2) is 19.8 Å². The van der Waals surface area contributed by atoms with Crippen molar-refractivity contribution in [2.24, 2.45) is 0 Å². The monoisotopic (exact) mass is 272 g/mol. The van der Waals surface area contributed by atoms with Crippen LogP contribution >= 0.6 is 15.9 Å². The number of hydrogen-bond donors (Lipinski definition) is 0. The molecule has 0 aromatic heterocycles. The predicted molar refractivity (Wildman–Crippen MR) is 65.5 cm³/mol. The van der Waals surface area contributed by atoms with Crippen LogP contribution in [0.1, 0.15) is 19.4 Å². The van der Waals surface area contributed by atoms with Crippen LogP contribution in [0.25, 0.3) is 0 Å². The van der Waals surface area contributed by atoms with Crippen molar-refractivity contribution in [1.82, 2.24) is 0 Å². The number of ether oxygens (including phenoxy) is 2. The van der Waals surface area contributed by atoms with Crippen LogP contribution in [0, 0.1) is 0 Å². The summed E-state index contributed by atoms with van der Waals surface area (Å²) in [6, 6.07) is 6.17. The number of halogens is 1. The fourth-order valence-corrected chi connectivity index (χ4v) is 1.86. The molecule has 1 aromatic carbocycles. The molecule has 1 aromatic rings. The second-order valence-corrected chi connectivity index (χ2v) is 4.36. The molecule has 0 heterocycles. The minimum absolute atomic E-state index is 0.0683. The molecule has 0 aliphatic rings. The van der Waals surface area contributed by atoms with Gasteiger partial charge in [-0.25, -0.2) is 0 Å². The van der Waals surface area contributed by atoms with Gasteiger partial charge in [0.05, 0.1) is 11.1 Å². The molecule has 0 amide bonds. The van der Waals surface area contributed by atoms with Crippen LogP contribution in [0.2, 0.25) is 0 Å². The first-order valence-electron chi connectivity index (χ1n) is 5.11. The van der Waals surface area contributed by atoms with E-state index in [4.69, 9.17) is 9.47 Å². The molecule has 15 heavy (non-hydrogen) atoms. The second kappa shape index (κ2) is 6.13. The van der Waals surface area contributed by atoms with Gasteiger partial charge in [-0.15, -0.1) is 0 Å². The maximum atomic E-state index is 5.71. The molecule has 0 saturated carbocycles. The van der Waals surface area contributed by atoms with E-state index >= 15 is 0 Å². The molecule has 0 bridgehead atoms. The van der Waals surface area contributed by atoms with Gasteiger partial charge in [0.25, 0.3) is 0 Å². The van der Waals surface area contributed by atoms with E-state index in [2.05, 4.69) is 35.0 Å². The Hall–Kier alpha value is -0.540. The Labute approximate surface area is 99.7 Å². The van der Waals surface area contributed by atoms with Gasteiger partial charge in [0, 0.05) is 7.11 Å². The molecule has 0 radical (unpaired) electrons. The first-order chi connectivity index (χ1) is 7.17. The fourth-order valence-electron chi connectivity index (χ4n) is 1.35. The van der Waals surface area contributed by atoms with E-state index in [1.54, 1.807) is 7.11 Å². The summed E-state index contributed by atoms with van der Waals surface area (Å²) in [7, 11) is 1.68. The highest BCUT2D eigenvalue weighted by molar-refractivity contribution is 9.10. The molecule has 0 saturated heterocycles. The van der Waals surface area contributed by atoms with E-state index < -0.39 is 0 Å². The van der Waals surface area contributed by atoms with Crippen molar-refractivity contribution in [3.63, 3.8) is 0 Å². The average Bonchev–Trinajstić information content (AvgIpc) is 2.21. The zero-order chi connectivity index (χ0) is 11.3. The minimum Gasteiger partial charge on any atom is -0.487 e. The second-order valence-electron chi connectivity index (χ2n) is 3.50. The third kappa shape index (κ3) is 3.84. The van der Waals surface area contributed by atoms with Gasteiger partial charge in [-0.3, -0.25) is 0 Å². The molecular formula is C12H17BrO2. The normalized spacial score (nSPS) is 12.5. The molecule has 0 aliphatic heterocycles. The number of benzene rings is 1. The molecule has 0 N–H and O–H groups in total. The quantitative estimate of drug-likeness (QED) is 0.818. The van der Waals surface area contributed by atoms with Crippen LogP contribution in [0.4, 0.5) is 0 Å². The van der Waals surface area contributed by atoms with Crippen LogP contribution in [0.5, 0.6) is 5.75 Å². The van der Waals surface area contributed by atoms with Crippen molar-refractivity contribution in [3.05, 3.63) is 28.2 Å². The highest BCUT2D eigenvalue weighted by Gasteiger charge is 2.06. The fraction of sp³-hybridized carbons (Fsp3) is 0.500. The Bertz CT molecular complexity index is 312. The van der Waals surface area contributed by atoms with Crippen molar-refractivity contribution >= 4 is 15.9 Å². The number of aryl methyl sites for hydroxylation is 1. The number of rotatable bonds is 5. The summed E-state index contributed by atoms with van der Waals surface area (Å²) in [6.45, 7) is 4.72. The van der Waals surface area contributed by atoms with Crippen molar-refractivity contribution in [2.75, 3.05) is 13.7 Å². The lowest BCUT2D eigenvalue weighted by Gasteiger charge is -2.15. The smallest absolute Gasteiger partial charge is 0.134 e. The van der Waals surface area contributed by atoms with Gasteiger partial charge in [0.15, 0.2) is 0 Å². The summed E-state index contributed by atoms with van der Waals surface area (Å²) in [4.78, 5) is 0. The molecule has 1 atom stereocenters. The maximum Gasteiger partial charge on any atom is 0.134 e. The molecule has 0 fully saturated rings. The largest absolute Gasteiger partial charge is 0.487 e. The zero-order valence-electron chi connectivity index (χ0n) is 9.42. The first-order valence-corrected chi connectivity index (χ1v) is 5.90. The SMILES string of the molecule is CCc1ccc(O[C@@H](C)COC)c(Br)c1. The van der Waals surface area contributed by atoms with Crippen LogP contribution in [0.15, 0.2) is 22.7 Å². The lowest BCUT2D eigenvalue weighted by Crippen LogP contribution is -2.18. The summed E-state index contributed by atoms with van der Waals surface area (Å²) in [6.07, 6.45) is 1.10. The van der Waals surface area contributed by atoms with E-state index in [1.807, 2.05) is 13.0 Å². The van der Waals surface area contributed by atoms with Crippen molar-refractivity contribution < 1.29 is 9.47 Å². The summed E-state index contributed by atoms with van der Waals surface area (Å²) in [5.41, 5.74) is 1.30. The van der Waals surface area contributed by atoms with Crippen molar-refractivity contribution in [3.8, 4) is 5.75 Å². The van der Waals surface area contributed by atoms with Gasteiger partial charge in [-0.05, 0) is 47.0 Å². The Balaban J connectivity index is 2.69. The minimum atomic E-state index is 0.0683. The van der Waals surface area contributed by atoms with Gasteiger partial charge >= 0.3 is 0 Å². The number of methoxy groups -OCH3 is 1. The Morgan fingerprint density at radius 3 is 2.67 bits per heavy atom. The van der Waals surface area contributed by atoms with E-state index in [9.17, 15) is 0 Å². The van der Waals surface area contributed by atoms with Crippen molar-refractivity contribution in [1.29, 1.82) is 0 Å². The molecule has 0 unspecified atom stereocenters. The van der Waals surface area contributed by atoms with E-state index in [0.717, 1.165) is 16.6 Å². The topological polar surface area (TPSA) is 18.5 Å². The summed E-state index contributed by atoms with van der Waals surface area (Å²) >= 11 is 3.50. The highest BCUT2D eigenvalue weighted by atomic mass is 79.9. The lowest BCUT2D eigenvalue weighted by atomic mass is 10.2. The van der Waals surface area contributed by atoms with Crippen LogP contribution in [-0.2, 0) is 11.2 Å². The Morgan fingerprint density at radius 1 is 1.40 bits per heavy atom. The summed E-state index contributed by atoms with van der Waals surface area (Å²) < 4.78 is 11.7. The van der Waals surface area contributed by atoms with E-state index in [0.29, 0.717) is 6.61 Å². The predicted octanol–water partition coefficient (Wildman–Crippen LogP) is 3.43. The van der Waals surface area contributed by atoms with Crippen LogP contribution < -0.4 is 4.74 Å². The zero-order valence-corrected chi connectivity index (χ0v) is 11.0. The maximum absolute atomic E-state index is 5.71. The van der Waals surface area contributed by atoms with E-state index in [-0.39, 0.29) is 6.10 Å². The van der Waals surface area contributed by atoms with Gasteiger partial charge in [0.1, 0.15) is 11.9 Å². The highest BCUT2D eigenvalue weighted by Crippen LogP contribution is 2.27. The van der Waals surface area contributed by atoms with Gasteiger partial charge in [0.2, 0.25) is 0 Å². The summed E-state index contributed by atoms with van der Waals surface area (Å²) in [5, 5.41) is 0. The number of hydrogen-bond acceptors (Lipinski definition) is 2. The Kier molecular flexibility index (Phi) is 5.12. The molecule has 1 rings (SSSR count). The molecule has 3 heteroatoms. The van der Waals surface area contributed by atoms with E-state index in [1.165, 1.54) is 5.56 Å². The molecule has 2 nitrogen and oxygen atoms in total. The molecule has 0 aliphatic carbocycles. The van der Waals surface area contributed by atoms with Crippen LogP contribution in [0.3, 0.4) is 0 Å². The third-order valence-corrected chi connectivity index (χ3v) is 2.75. The molecule has 0 spiro atoms. The Morgan fingerprint density at radius 2 is 2.13 bits per heavy atom. The average molecular weight is 273 g/mol. The van der Waals surface area contributed by atoms with Gasteiger partial charge < -0.3 is 9.47 Å². The first kappa shape index (κ1) is 12.5. The summed E-state index contributed by atoms with van der Waals surface area (Å²) in [5.74, 6) is 0.872. The lowest BCUT2D eigenvalue weighted by molar-refractivity contribution is 0.0916.